The number of nitrogens with one attached hydrogen (secondary N) is 1. The number of carbonyl (C=O) groups excluding carboxylic acids is 5. The van der Waals surface area contributed by atoms with Gasteiger partial charge in [0.2, 0.25) is 5.91 Å². The van der Waals surface area contributed by atoms with Crippen LogP contribution in [0.4, 0.5) is 17.1 Å². The van der Waals surface area contributed by atoms with Gasteiger partial charge in [-0.2, -0.15) is 0 Å². The van der Waals surface area contributed by atoms with Crippen molar-refractivity contribution in [3.63, 3.8) is 0 Å². The Balaban J connectivity index is 1.25. The van der Waals surface area contributed by atoms with Crippen molar-refractivity contribution in [1.29, 1.82) is 0 Å². The van der Waals surface area contributed by atoms with E-state index >= 15 is 0 Å². The van der Waals surface area contributed by atoms with Crippen LogP contribution in [-0.2, 0) is 14.3 Å². The molecule has 1 fully saturated rings. The number of anilines is 3. The first-order valence-electron chi connectivity index (χ1n) is 11.4. The summed E-state index contributed by atoms with van der Waals surface area (Å²) in [5.74, 6) is -2.32. The molecule has 9 nitrogen and oxygen atoms in total. The van der Waals surface area contributed by atoms with Crippen LogP contribution >= 0.6 is 0 Å². The lowest BCUT2D eigenvalue weighted by Crippen LogP contribution is -2.29. The van der Waals surface area contributed by atoms with E-state index in [1.807, 2.05) is 0 Å². The third-order valence-corrected chi connectivity index (χ3v) is 6.01. The number of fused-ring (bicyclic) bond motifs is 1. The van der Waals surface area contributed by atoms with E-state index in [0.717, 1.165) is 11.3 Å². The lowest BCUT2D eigenvalue weighted by atomic mass is 10.1. The Morgan fingerprint density at radius 1 is 0.861 bits per heavy atom. The highest BCUT2D eigenvalue weighted by atomic mass is 16.5. The van der Waals surface area contributed by atoms with Gasteiger partial charge in [0.05, 0.1) is 33.8 Å². The highest BCUT2D eigenvalue weighted by Crippen LogP contribution is 2.30. The van der Waals surface area contributed by atoms with Crippen molar-refractivity contribution in [3.05, 3.63) is 89.5 Å². The van der Waals surface area contributed by atoms with Gasteiger partial charge < -0.3 is 15.0 Å². The van der Waals surface area contributed by atoms with Gasteiger partial charge in [-0.05, 0) is 48.9 Å². The van der Waals surface area contributed by atoms with Gasteiger partial charge in [0, 0.05) is 13.0 Å². The molecule has 0 saturated carbocycles. The molecular weight excluding hydrogens is 462 g/mol. The predicted octanol–water partition coefficient (Wildman–Crippen LogP) is 3.41. The van der Waals surface area contributed by atoms with Crippen LogP contribution in [-0.4, -0.2) is 42.7 Å². The van der Waals surface area contributed by atoms with E-state index < -0.39 is 30.3 Å². The normalized spacial score (nSPS) is 14.7. The Kier molecular flexibility index (Phi) is 6.03. The quantitative estimate of drug-likeness (QED) is 0.425. The molecule has 0 aromatic heterocycles. The first kappa shape index (κ1) is 23.0. The van der Waals surface area contributed by atoms with E-state index in [-0.39, 0.29) is 17.2 Å². The molecule has 180 valence electrons. The average Bonchev–Trinajstić information content (AvgIpc) is 3.43. The number of amides is 4. The molecule has 36 heavy (non-hydrogen) atoms. The molecule has 2 aliphatic rings. The standard InChI is InChI=1S/C27H21N3O6/c31-23(28-21-11-3-4-12-22(21)29-14-6-13-24(29)32)16-36-27(35)17-7-5-8-18(15-17)30-25(33)19-9-1-2-10-20(19)26(30)34/h1-5,7-12,15H,6,13-14,16H2,(H,28,31). The van der Waals surface area contributed by atoms with Crippen molar-refractivity contribution in [2.45, 2.75) is 12.8 Å². The zero-order chi connectivity index (χ0) is 25.2. The second-order valence-electron chi connectivity index (χ2n) is 8.33. The number of nitrogens with zero attached hydrogens (tertiary/aromatic N) is 2. The Morgan fingerprint density at radius 3 is 2.25 bits per heavy atom. The van der Waals surface area contributed by atoms with E-state index in [1.165, 1.54) is 18.2 Å². The number of rotatable bonds is 6. The molecule has 3 aromatic rings. The molecular formula is C27H21N3O6. The summed E-state index contributed by atoms with van der Waals surface area (Å²) >= 11 is 0. The van der Waals surface area contributed by atoms with E-state index in [9.17, 15) is 24.0 Å². The lowest BCUT2D eigenvalue weighted by Gasteiger charge is -2.20. The highest BCUT2D eigenvalue weighted by Gasteiger charge is 2.36. The van der Waals surface area contributed by atoms with Gasteiger partial charge in [-0.1, -0.05) is 30.3 Å². The molecule has 0 spiro atoms. The lowest BCUT2D eigenvalue weighted by molar-refractivity contribution is -0.119. The van der Waals surface area contributed by atoms with Gasteiger partial charge >= 0.3 is 5.97 Å². The fourth-order valence-corrected chi connectivity index (χ4v) is 4.31. The Bertz CT molecular complexity index is 1380. The van der Waals surface area contributed by atoms with Crippen molar-refractivity contribution < 1.29 is 28.7 Å². The Labute approximate surface area is 206 Å². The second kappa shape index (κ2) is 9.46. The summed E-state index contributed by atoms with van der Waals surface area (Å²) in [6, 6.07) is 19.3. The number of imide groups is 1. The molecule has 0 radical (unpaired) electrons. The number of ether oxygens (including phenoxy) is 1. The van der Waals surface area contributed by atoms with E-state index in [1.54, 1.807) is 59.5 Å². The molecule has 0 bridgehead atoms. The summed E-state index contributed by atoms with van der Waals surface area (Å²) in [6.07, 6.45) is 1.21. The average molecular weight is 483 g/mol. The number of esters is 1. The number of hydrogen-bond donors (Lipinski definition) is 1. The van der Waals surface area contributed by atoms with Crippen LogP contribution in [0.3, 0.4) is 0 Å². The second-order valence-corrected chi connectivity index (χ2v) is 8.33. The topological polar surface area (TPSA) is 113 Å². The number of para-hydroxylation sites is 2. The summed E-state index contributed by atoms with van der Waals surface area (Å²) < 4.78 is 5.16. The first-order chi connectivity index (χ1) is 17.4. The molecule has 5 rings (SSSR count). The third-order valence-electron chi connectivity index (χ3n) is 6.01. The molecule has 4 amide bonds. The van der Waals surface area contributed by atoms with Crippen LogP contribution in [0.25, 0.3) is 0 Å². The fourth-order valence-electron chi connectivity index (χ4n) is 4.31. The zero-order valence-corrected chi connectivity index (χ0v) is 19.1. The van der Waals surface area contributed by atoms with Crippen LogP contribution in [0, 0.1) is 0 Å². The smallest absolute Gasteiger partial charge is 0.338 e. The summed E-state index contributed by atoms with van der Waals surface area (Å²) in [7, 11) is 0. The molecule has 1 saturated heterocycles. The van der Waals surface area contributed by atoms with Crippen molar-refractivity contribution in [1.82, 2.24) is 0 Å². The number of carbonyl (C=O) groups is 5. The van der Waals surface area contributed by atoms with E-state index in [4.69, 9.17) is 4.74 Å². The van der Waals surface area contributed by atoms with Crippen molar-refractivity contribution in [2.24, 2.45) is 0 Å². The van der Waals surface area contributed by atoms with Gasteiger partial charge in [0.15, 0.2) is 6.61 Å². The third kappa shape index (κ3) is 4.22. The molecule has 0 unspecified atom stereocenters. The van der Waals surface area contributed by atoms with Crippen molar-refractivity contribution in [3.8, 4) is 0 Å². The van der Waals surface area contributed by atoms with Crippen LogP contribution in [0.2, 0.25) is 0 Å². The van der Waals surface area contributed by atoms with Gasteiger partial charge in [0.1, 0.15) is 0 Å². The molecule has 9 heteroatoms. The maximum Gasteiger partial charge on any atom is 0.338 e. The minimum atomic E-state index is -0.786. The molecule has 3 aromatic carbocycles. The summed E-state index contributed by atoms with van der Waals surface area (Å²) in [5, 5.41) is 2.69. The van der Waals surface area contributed by atoms with Crippen LogP contribution in [0.5, 0.6) is 0 Å². The highest BCUT2D eigenvalue weighted by molar-refractivity contribution is 6.34. The number of benzene rings is 3. The fraction of sp³-hybridized carbons (Fsp3) is 0.148. The molecule has 0 atom stereocenters. The van der Waals surface area contributed by atoms with Crippen LogP contribution in [0.15, 0.2) is 72.8 Å². The number of hydrogen-bond acceptors (Lipinski definition) is 6. The predicted molar refractivity (Wildman–Crippen MR) is 131 cm³/mol. The monoisotopic (exact) mass is 483 g/mol. The Hall–Kier alpha value is -4.79. The van der Waals surface area contributed by atoms with Crippen molar-refractivity contribution in [2.75, 3.05) is 28.3 Å². The first-order valence-corrected chi connectivity index (χ1v) is 11.4. The van der Waals surface area contributed by atoms with Crippen LogP contribution in [0.1, 0.15) is 43.9 Å². The van der Waals surface area contributed by atoms with Crippen molar-refractivity contribution >= 4 is 46.7 Å². The molecule has 2 aliphatic heterocycles. The summed E-state index contributed by atoms with van der Waals surface area (Å²) in [4.78, 5) is 65.3. The van der Waals surface area contributed by atoms with Crippen LogP contribution < -0.4 is 15.1 Å². The van der Waals surface area contributed by atoms with Gasteiger partial charge in [-0.25, -0.2) is 9.69 Å². The largest absolute Gasteiger partial charge is 0.452 e. The molecule has 1 N–H and O–H groups in total. The van der Waals surface area contributed by atoms with Gasteiger partial charge in [-0.3, -0.25) is 19.2 Å². The minimum Gasteiger partial charge on any atom is -0.452 e. The van der Waals surface area contributed by atoms with Gasteiger partial charge in [0.25, 0.3) is 17.7 Å². The van der Waals surface area contributed by atoms with Gasteiger partial charge in [-0.15, -0.1) is 0 Å². The SMILES string of the molecule is O=C(COC(=O)c1cccc(N2C(=O)c3ccccc3C2=O)c1)Nc1ccccc1N1CCCC1=O. The van der Waals surface area contributed by atoms with E-state index in [2.05, 4.69) is 5.32 Å². The Morgan fingerprint density at radius 2 is 1.56 bits per heavy atom. The molecule has 2 heterocycles. The maximum absolute atomic E-state index is 12.7. The summed E-state index contributed by atoms with van der Waals surface area (Å²) in [6.45, 7) is 0.0164. The summed E-state index contributed by atoms with van der Waals surface area (Å²) in [5.41, 5.74) is 1.94. The zero-order valence-electron chi connectivity index (χ0n) is 19.1. The minimum absolute atomic E-state index is 0.0129. The molecule has 0 aliphatic carbocycles. The van der Waals surface area contributed by atoms with E-state index in [0.29, 0.717) is 35.5 Å². The maximum atomic E-state index is 12.7.